The average molecular weight is 321 g/mol. The molecule has 19 heavy (non-hydrogen) atoms. The van der Waals surface area contributed by atoms with Gasteiger partial charge in [-0.15, -0.1) is 0 Å². The second-order valence-electron chi connectivity index (χ2n) is 4.57. The monoisotopic (exact) mass is 320 g/mol. The minimum atomic E-state index is -0.474. The highest BCUT2D eigenvalue weighted by Gasteiger charge is 2.08. The average Bonchev–Trinajstić information content (AvgIpc) is 2.41. The van der Waals surface area contributed by atoms with Crippen molar-refractivity contribution in [3.8, 4) is 0 Å². The van der Waals surface area contributed by atoms with E-state index >= 15 is 0 Å². The molecule has 0 unspecified atom stereocenters. The lowest BCUT2D eigenvalue weighted by Gasteiger charge is -2.20. The van der Waals surface area contributed by atoms with Crippen molar-refractivity contribution in [3.05, 3.63) is 58.2 Å². The first kappa shape index (κ1) is 14.0. The van der Waals surface area contributed by atoms with Crippen LogP contribution in [0.3, 0.4) is 0 Å². The maximum Gasteiger partial charge on any atom is 0.128 e. The van der Waals surface area contributed by atoms with Gasteiger partial charge in [0.15, 0.2) is 0 Å². The summed E-state index contributed by atoms with van der Waals surface area (Å²) in [4.78, 5) is 6.41. The van der Waals surface area contributed by atoms with E-state index in [1.165, 1.54) is 5.56 Å². The number of aliphatic hydroxyl groups is 1. The Morgan fingerprint density at radius 3 is 2.74 bits per heavy atom. The zero-order chi connectivity index (χ0) is 13.8. The summed E-state index contributed by atoms with van der Waals surface area (Å²) >= 11 is 3.55. The fourth-order valence-electron chi connectivity index (χ4n) is 1.87. The molecule has 100 valence electrons. The molecule has 0 saturated carbocycles. The van der Waals surface area contributed by atoms with Gasteiger partial charge < -0.3 is 10.0 Å². The normalized spacial score (nSPS) is 12.2. The standard InChI is InChI=1S/C15H17BrN2O/c1-11(19)12-7-8-17-15(9-12)18(2)10-13-5-3-4-6-14(13)16/h3-9,11,19H,10H2,1-2H3/t11-/m0/s1. The minimum Gasteiger partial charge on any atom is -0.389 e. The van der Waals surface area contributed by atoms with Gasteiger partial charge in [0, 0.05) is 24.3 Å². The van der Waals surface area contributed by atoms with E-state index in [4.69, 9.17) is 0 Å². The Labute approximate surface area is 122 Å². The number of nitrogens with zero attached hydrogens (tertiary/aromatic N) is 2. The summed E-state index contributed by atoms with van der Waals surface area (Å²) in [7, 11) is 1.99. The highest BCUT2D eigenvalue weighted by Crippen LogP contribution is 2.21. The van der Waals surface area contributed by atoms with Gasteiger partial charge in [0.25, 0.3) is 0 Å². The Bertz CT molecular complexity index is 557. The Hall–Kier alpha value is -1.39. The summed E-state index contributed by atoms with van der Waals surface area (Å²) in [6.45, 7) is 2.52. The van der Waals surface area contributed by atoms with Gasteiger partial charge in [-0.2, -0.15) is 0 Å². The predicted octanol–water partition coefficient (Wildman–Crippen LogP) is 3.53. The molecule has 4 heteroatoms. The number of hydrogen-bond donors (Lipinski definition) is 1. The second kappa shape index (κ2) is 6.17. The molecule has 1 aromatic heterocycles. The molecule has 2 aromatic rings. The van der Waals surface area contributed by atoms with Crippen LogP contribution < -0.4 is 4.90 Å². The van der Waals surface area contributed by atoms with Crippen LogP contribution in [0.2, 0.25) is 0 Å². The third kappa shape index (κ3) is 3.55. The molecule has 0 saturated heterocycles. The minimum absolute atomic E-state index is 0.474. The first-order chi connectivity index (χ1) is 9.08. The SMILES string of the molecule is C[C@H](O)c1ccnc(N(C)Cc2ccccc2Br)c1. The van der Waals surface area contributed by atoms with Crippen LogP contribution in [-0.2, 0) is 6.54 Å². The molecular weight excluding hydrogens is 304 g/mol. The van der Waals surface area contributed by atoms with Gasteiger partial charge >= 0.3 is 0 Å². The fourth-order valence-corrected chi connectivity index (χ4v) is 2.28. The Kier molecular flexibility index (Phi) is 4.56. The third-order valence-corrected chi connectivity index (χ3v) is 3.78. The molecule has 0 aliphatic heterocycles. The molecule has 3 nitrogen and oxygen atoms in total. The molecule has 0 radical (unpaired) electrons. The van der Waals surface area contributed by atoms with Crippen molar-refractivity contribution in [3.63, 3.8) is 0 Å². The zero-order valence-corrected chi connectivity index (χ0v) is 12.6. The summed E-state index contributed by atoms with van der Waals surface area (Å²) < 4.78 is 1.09. The first-order valence-corrected chi connectivity index (χ1v) is 6.96. The number of benzene rings is 1. The second-order valence-corrected chi connectivity index (χ2v) is 5.43. The predicted molar refractivity (Wildman–Crippen MR) is 81.1 cm³/mol. The van der Waals surface area contributed by atoms with E-state index < -0.39 is 6.10 Å². The van der Waals surface area contributed by atoms with E-state index in [9.17, 15) is 5.11 Å². The molecule has 0 bridgehead atoms. The van der Waals surface area contributed by atoms with Gasteiger partial charge in [0.05, 0.1) is 6.10 Å². The zero-order valence-electron chi connectivity index (χ0n) is 11.0. The van der Waals surface area contributed by atoms with Gasteiger partial charge in [-0.25, -0.2) is 4.98 Å². The quantitative estimate of drug-likeness (QED) is 0.936. The topological polar surface area (TPSA) is 36.4 Å². The fraction of sp³-hybridized carbons (Fsp3) is 0.267. The number of pyridine rings is 1. The van der Waals surface area contributed by atoms with E-state index in [-0.39, 0.29) is 0 Å². The van der Waals surface area contributed by atoms with Crippen molar-refractivity contribution in [2.75, 3.05) is 11.9 Å². The Morgan fingerprint density at radius 1 is 1.32 bits per heavy atom. The van der Waals surface area contributed by atoms with Crippen LogP contribution in [-0.4, -0.2) is 17.1 Å². The summed E-state index contributed by atoms with van der Waals surface area (Å²) in [6, 6.07) is 11.9. The van der Waals surface area contributed by atoms with Crippen LogP contribution in [0.5, 0.6) is 0 Å². The van der Waals surface area contributed by atoms with Crippen molar-refractivity contribution < 1.29 is 5.11 Å². The number of rotatable bonds is 4. The van der Waals surface area contributed by atoms with Crippen molar-refractivity contribution in [2.24, 2.45) is 0 Å². The summed E-state index contributed by atoms with van der Waals surface area (Å²) in [5.74, 6) is 0.856. The van der Waals surface area contributed by atoms with Gasteiger partial charge in [0.1, 0.15) is 5.82 Å². The van der Waals surface area contributed by atoms with Crippen LogP contribution in [0, 0.1) is 0 Å². The summed E-state index contributed by atoms with van der Waals surface area (Å²) in [6.07, 6.45) is 1.26. The number of aliphatic hydroxyl groups excluding tert-OH is 1. The van der Waals surface area contributed by atoms with Crippen LogP contribution in [0.25, 0.3) is 0 Å². The number of anilines is 1. The van der Waals surface area contributed by atoms with Crippen LogP contribution in [0.4, 0.5) is 5.82 Å². The molecule has 0 amide bonds. The van der Waals surface area contributed by atoms with Crippen LogP contribution in [0.1, 0.15) is 24.2 Å². The largest absolute Gasteiger partial charge is 0.389 e. The van der Waals surface area contributed by atoms with Crippen molar-refractivity contribution >= 4 is 21.7 Å². The molecular formula is C15H17BrN2O. The molecule has 0 aliphatic rings. The van der Waals surface area contributed by atoms with Gasteiger partial charge in [-0.05, 0) is 36.2 Å². The van der Waals surface area contributed by atoms with E-state index in [1.807, 2.05) is 37.4 Å². The Balaban J connectivity index is 2.18. The van der Waals surface area contributed by atoms with Crippen molar-refractivity contribution in [1.82, 2.24) is 4.98 Å². The molecule has 1 N–H and O–H groups in total. The smallest absolute Gasteiger partial charge is 0.128 e. The molecule has 2 rings (SSSR count). The lowest BCUT2D eigenvalue weighted by molar-refractivity contribution is 0.199. The number of halogens is 1. The Morgan fingerprint density at radius 2 is 2.05 bits per heavy atom. The highest BCUT2D eigenvalue weighted by molar-refractivity contribution is 9.10. The molecule has 0 aliphatic carbocycles. The molecule has 0 spiro atoms. The number of hydrogen-bond acceptors (Lipinski definition) is 3. The molecule has 1 aromatic carbocycles. The lowest BCUT2D eigenvalue weighted by atomic mass is 10.1. The number of aromatic nitrogens is 1. The van der Waals surface area contributed by atoms with E-state index in [0.717, 1.165) is 22.4 Å². The highest BCUT2D eigenvalue weighted by atomic mass is 79.9. The van der Waals surface area contributed by atoms with E-state index in [0.29, 0.717) is 0 Å². The summed E-state index contributed by atoms with van der Waals surface area (Å²) in [5.41, 5.74) is 2.08. The van der Waals surface area contributed by atoms with E-state index in [2.05, 4.69) is 31.9 Å². The van der Waals surface area contributed by atoms with Crippen LogP contribution in [0.15, 0.2) is 47.1 Å². The molecule has 1 atom stereocenters. The van der Waals surface area contributed by atoms with Gasteiger partial charge in [0.2, 0.25) is 0 Å². The summed E-state index contributed by atoms with van der Waals surface area (Å²) in [5, 5.41) is 9.61. The van der Waals surface area contributed by atoms with Crippen LogP contribution >= 0.6 is 15.9 Å². The third-order valence-electron chi connectivity index (χ3n) is 3.01. The van der Waals surface area contributed by atoms with E-state index in [1.54, 1.807) is 13.1 Å². The van der Waals surface area contributed by atoms with Gasteiger partial charge in [-0.3, -0.25) is 0 Å². The molecule has 0 fully saturated rings. The van der Waals surface area contributed by atoms with Gasteiger partial charge in [-0.1, -0.05) is 34.1 Å². The molecule has 1 heterocycles. The lowest BCUT2D eigenvalue weighted by Crippen LogP contribution is -2.18. The maximum absolute atomic E-state index is 9.61. The van der Waals surface area contributed by atoms with Crippen molar-refractivity contribution in [2.45, 2.75) is 19.6 Å². The van der Waals surface area contributed by atoms with Crippen molar-refractivity contribution in [1.29, 1.82) is 0 Å². The first-order valence-electron chi connectivity index (χ1n) is 6.16. The maximum atomic E-state index is 9.61.